The lowest BCUT2D eigenvalue weighted by atomic mass is 9.96. The summed E-state index contributed by atoms with van der Waals surface area (Å²) in [6, 6.07) is 0. The van der Waals surface area contributed by atoms with E-state index >= 15 is 0 Å². The average Bonchev–Trinajstić information content (AvgIpc) is 3.16. The summed E-state index contributed by atoms with van der Waals surface area (Å²) in [5.74, 6) is 0.868. The van der Waals surface area contributed by atoms with Crippen LogP contribution in [0.25, 0.3) is 11.3 Å². The van der Waals surface area contributed by atoms with E-state index in [4.69, 9.17) is 5.10 Å². The molecule has 1 aliphatic rings. The SMILES string of the molecule is CCCn1nc(C)c(-c2cncn2C(C)(C)CN2CCC(C)CC2)c1C. The van der Waals surface area contributed by atoms with Crippen LogP contribution in [-0.2, 0) is 12.1 Å². The van der Waals surface area contributed by atoms with E-state index in [1.54, 1.807) is 0 Å². The molecule has 3 rings (SSSR count). The monoisotopic (exact) mass is 357 g/mol. The Morgan fingerprint density at radius 1 is 1.19 bits per heavy atom. The molecule has 144 valence electrons. The molecule has 2 aromatic rings. The zero-order valence-corrected chi connectivity index (χ0v) is 17.4. The zero-order valence-electron chi connectivity index (χ0n) is 17.4. The van der Waals surface area contributed by atoms with E-state index in [2.05, 4.69) is 60.7 Å². The molecule has 0 unspecified atom stereocenters. The third-order valence-corrected chi connectivity index (χ3v) is 5.85. The van der Waals surface area contributed by atoms with Gasteiger partial charge in [0.1, 0.15) is 0 Å². The van der Waals surface area contributed by atoms with Crippen molar-refractivity contribution in [3.63, 3.8) is 0 Å². The van der Waals surface area contributed by atoms with E-state index < -0.39 is 0 Å². The van der Waals surface area contributed by atoms with Crippen molar-refractivity contribution < 1.29 is 0 Å². The van der Waals surface area contributed by atoms with Gasteiger partial charge in [-0.3, -0.25) is 4.68 Å². The number of imidazole rings is 1. The Labute approximate surface area is 158 Å². The Morgan fingerprint density at radius 3 is 2.54 bits per heavy atom. The third kappa shape index (κ3) is 3.73. The summed E-state index contributed by atoms with van der Waals surface area (Å²) in [5, 5.41) is 4.77. The second kappa shape index (κ2) is 7.55. The van der Waals surface area contributed by atoms with Crippen molar-refractivity contribution in [2.45, 2.75) is 72.9 Å². The molecule has 0 spiro atoms. The predicted molar refractivity (Wildman–Crippen MR) is 107 cm³/mol. The van der Waals surface area contributed by atoms with Crippen molar-refractivity contribution in [2.24, 2.45) is 5.92 Å². The topological polar surface area (TPSA) is 38.9 Å². The molecule has 0 aliphatic carbocycles. The van der Waals surface area contributed by atoms with E-state index in [9.17, 15) is 0 Å². The van der Waals surface area contributed by atoms with Crippen LogP contribution in [0.2, 0.25) is 0 Å². The van der Waals surface area contributed by atoms with E-state index in [1.807, 2.05) is 12.5 Å². The Balaban J connectivity index is 1.88. The van der Waals surface area contributed by atoms with Crippen molar-refractivity contribution in [3.05, 3.63) is 23.9 Å². The molecule has 0 atom stereocenters. The van der Waals surface area contributed by atoms with Gasteiger partial charge in [0.25, 0.3) is 0 Å². The Bertz CT molecular complexity index is 732. The summed E-state index contributed by atoms with van der Waals surface area (Å²) >= 11 is 0. The predicted octanol–water partition coefficient (Wildman–Crippen LogP) is 4.24. The van der Waals surface area contributed by atoms with Gasteiger partial charge in [-0.25, -0.2) is 4.98 Å². The molecule has 3 heterocycles. The molecule has 1 aliphatic heterocycles. The van der Waals surface area contributed by atoms with Crippen LogP contribution in [0.3, 0.4) is 0 Å². The highest BCUT2D eigenvalue weighted by molar-refractivity contribution is 5.65. The van der Waals surface area contributed by atoms with Crippen molar-refractivity contribution in [3.8, 4) is 11.3 Å². The van der Waals surface area contributed by atoms with Crippen molar-refractivity contribution >= 4 is 0 Å². The van der Waals surface area contributed by atoms with E-state index in [0.717, 1.165) is 31.1 Å². The van der Waals surface area contributed by atoms with Crippen LogP contribution in [0.5, 0.6) is 0 Å². The quantitative estimate of drug-likeness (QED) is 0.776. The fourth-order valence-corrected chi connectivity index (χ4v) is 4.30. The van der Waals surface area contributed by atoms with Gasteiger partial charge < -0.3 is 9.47 Å². The van der Waals surface area contributed by atoms with Gasteiger partial charge in [-0.1, -0.05) is 13.8 Å². The van der Waals surface area contributed by atoms with Crippen LogP contribution in [0.1, 0.15) is 58.3 Å². The smallest absolute Gasteiger partial charge is 0.0956 e. The summed E-state index contributed by atoms with van der Waals surface area (Å²) in [7, 11) is 0. The van der Waals surface area contributed by atoms with Crippen LogP contribution in [0, 0.1) is 19.8 Å². The number of aromatic nitrogens is 4. The maximum absolute atomic E-state index is 4.77. The number of rotatable bonds is 6. The minimum Gasteiger partial charge on any atom is -0.324 e. The fraction of sp³-hybridized carbons (Fsp3) is 0.714. The maximum Gasteiger partial charge on any atom is 0.0956 e. The summed E-state index contributed by atoms with van der Waals surface area (Å²) in [6.07, 6.45) is 7.73. The Hall–Kier alpha value is -1.62. The minimum atomic E-state index is -0.00184. The molecule has 0 amide bonds. The van der Waals surface area contributed by atoms with E-state index in [0.29, 0.717) is 0 Å². The lowest BCUT2D eigenvalue weighted by molar-refractivity contribution is 0.136. The van der Waals surface area contributed by atoms with Gasteiger partial charge >= 0.3 is 0 Å². The molecular formula is C21H35N5. The van der Waals surface area contributed by atoms with Gasteiger partial charge in [0.15, 0.2) is 0 Å². The molecule has 0 bridgehead atoms. The number of hydrogen-bond donors (Lipinski definition) is 0. The largest absolute Gasteiger partial charge is 0.324 e. The molecular weight excluding hydrogens is 322 g/mol. The molecule has 1 saturated heterocycles. The minimum absolute atomic E-state index is 0.00184. The fourth-order valence-electron chi connectivity index (χ4n) is 4.30. The van der Waals surface area contributed by atoms with Crippen LogP contribution in [-0.4, -0.2) is 43.9 Å². The van der Waals surface area contributed by atoms with Crippen LogP contribution >= 0.6 is 0 Å². The Kier molecular flexibility index (Phi) is 5.56. The summed E-state index contributed by atoms with van der Waals surface area (Å²) in [6.45, 7) is 18.0. The first kappa shape index (κ1) is 19.2. The lowest BCUT2D eigenvalue weighted by Crippen LogP contribution is -2.44. The number of piperidine rings is 1. The molecule has 0 radical (unpaired) electrons. The van der Waals surface area contributed by atoms with Crippen LogP contribution in [0.4, 0.5) is 0 Å². The normalized spacial score (nSPS) is 17.2. The highest BCUT2D eigenvalue weighted by Crippen LogP contribution is 2.32. The second-order valence-corrected chi connectivity index (χ2v) is 8.69. The first-order valence-electron chi connectivity index (χ1n) is 10.1. The van der Waals surface area contributed by atoms with Crippen LogP contribution < -0.4 is 0 Å². The molecule has 2 aromatic heterocycles. The average molecular weight is 358 g/mol. The molecule has 26 heavy (non-hydrogen) atoms. The Morgan fingerprint density at radius 2 is 1.88 bits per heavy atom. The third-order valence-electron chi connectivity index (χ3n) is 5.85. The first-order chi connectivity index (χ1) is 12.3. The number of hydrogen-bond acceptors (Lipinski definition) is 3. The summed E-state index contributed by atoms with van der Waals surface area (Å²) < 4.78 is 4.50. The van der Waals surface area contributed by atoms with Gasteiger partial charge in [0.2, 0.25) is 0 Å². The first-order valence-corrected chi connectivity index (χ1v) is 10.1. The molecule has 5 heteroatoms. The lowest BCUT2D eigenvalue weighted by Gasteiger charge is -2.38. The molecule has 1 fully saturated rings. The molecule has 0 aromatic carbocycles. The van der Waals surface area contributed by atoms with Crippen molar-refractivity contribution in [1.82, 2.24) is 24.2 Å². The zero-order chi connectivity index (χ0) is 18.9. The highest BCUT2D eigenvalue weighted by Gasteiger charge is 2.29. The maximum atomic E-state index is 4.77. The van der Waals surface area contributed by atoms with Crippen molar-refractivity contribution in [2.75, 3.05) is 19.6 Å². The van der Waals surface area contributed by atoms with Gasteiger partial charge in [-0.2, -0.15) is 5.10 Å². The van der Waals surface area contributed by atoms with E-state index in [1.165, 1.54) is 42.9 Å². The van der Waals surface area contributed by atoms with Gasteiger partial charge in [-0.15, -0.1) is 0 Å². The second-order valence-electron chi connectivity index (χ2n) is 8.69. The van der Waals surface area contributed by atoms with Crippen LogP contribution in [0.15, 0.2) is 12.5 Å². The molecule has 5 nitrogen and oxygen atoms in total. The standard InChI is InChI=1S/C21H35N5/c1-7-10-26-18(4)20(17(3)23-26)19-13-22-15-25(19)21(5,6)14-24-11-8-16(2)9-12-24/h13,15-16H,7-12,14H2,1-6H3. The molecule has 0 N–H and O–H groups in total. The number of aryl methyl sites for hydroxylation is 2. The van der Waals surface area contributed by atoms with Gasteiger partial charge in [0, 0.05) is 24.3 Å². The van der Waals surface area contributed by atoms with Gasteiger partial charge in [-0.05, 0) is 66.0 Å². The highest BCUT2D eigenvalue weighted by atomic mass is 15.3. The summed E-state index contributed by atoms with van der Waals surface area (Å²) in [4.78, 5) is 7.13. The van der Waals surface area contributed by atoms with Crippen molar-refractivity contribution in [1.29, 1.82) is 0 Å². The van der Waals surface area contributed by atoms with E-state index in [-0.39, 0.29) is 5.54 Å². The summed E-state index contributed by atoms with van der Waals surface area (Å²) in [5.41, 5.74) is 4.78. The van der Waals surface area contributed by atoms with Gasteiger partial charge in [0.05, 0.1) is 29.5 Å². The molecule has 0 saturated carbocycles. The number of nitrogens with zero attached hydrogens (tertiary/aromatic N) is 5. The number of likely N-dealkylation sites (tertiary alicyclic amines) is 1.